The van der Waals surface area contributed by atoms with Crippen molar-refractivity contribution in [2.24, 2.45) is 0 Å². The van der Waals surface area contributed by atoms with E-state index < -0.39 is 12.1 Å². The molecule has 1 aromatic heterocycles. The molecular formula is C20H18O5. The zero-order valence-electron chi connectivity index (χ0n) is 14.0. The van der Waals surface area contributed by atoms with Gasteiger partial charge in [-0.2, -0.15) is 0 Å². The first-order valence-electron chi connectivity index (χ1n) is 8.05. The Morgan fingerprint density at radius 1 is 1.08 bits per heavy atom. The fraction of sp³-hybridized carbons (Fsp3) is 0.200. The average molecular weight is 338 g/mol. The number of para-hydroxylation sites is 1. The van der Waals surface area contributed by atoms with Gasteiger partial charge in [0, 0.05) is 10.9 Å². The van der Waals surface area contributed by atoms with Crippen LogP contribution in [0.3, 0.4) is 0 Å². The number of benzene rings is 2. The van der Waals surface area contributed by atoms with E-state index in [9.17, 15) is 9.59 Å². The Balaban J connectivity index is 1.68. The van der Waals surface area contributed by atoms with Crippen molar-refractivity contribution in [2.75, 3.05) is 6.61 Å². The number of hydrogen-bond donors (Lipinski definition) is 0. The minimum Gasteiger partial charge on any atom is -0.494 e. The number of Topliss-reactive ketones (excluding diaryl/α,β-unsaturated/α-hetero) is 1. The van der Waals surface area contributed by atoms with Crippen LogP contribution in [0.1, 0.15) is 34.8 Å². The van der Waals surface area contributed by atoms with Crippen LogP contribution in [-0.4, -0.2) is 24.5 Å². The number of rotatable bonds is 6. The lowest BCUT2D eigenvalue weighted by Gasteiger charge is -2.11. The van der Waals surface area contributed by atoms with Gasteiger partial charge in [0.05, 0.1) is 6.61 Å². The first-order chi connectivity index (χ1) is 12.1. The van der Waals surface area contributed by atoms with Gasteiger partial charge >= 0.3 is 5.97 Å². The highest BCUT2D eigenvalue weighted by Crippen LogP contribution is 2.20. The third-order valence-electron chi connectivity index (χ3n) is 3.73. The van der Waals surface area contributed by atoms with Gasteiger partial charge in [-0.05, 0) is 50.2 Å². The lowest BCUT2D eigenvalue weighted by molar-refractivity contribution is 0.0291. The summed E-state index contributed by atoms with van der Waals surface area (Å²) in [6, 6.07) is 15.6. The van der Waals surface area contributed by atoms with E-state index >= 15 is 0 Å². The molecule has 1 heterocycles. The fourth-order valence-electron chi connectivity index (χ4n) is 2.47. The van der Waals surface area contributed by atoms with Gasteiger partial charge < -0.3 is 13.9 Å². The number of ether oxygens (including phenoxy) is 2. The molecule has 0 bridgehead atoms. The van der Waals surface area contributed by atoms with Crippen LogP contribution in [0.25, 0.3) is 11.0 Å². The molecule has 128 valence electrons. The monoisotopic (exact) mass is 338 g/mol. The summed E-state index contributed by atoms with van der Waals surface area (Å²) in [6.07, 6.45) is -0.918. The molecule has 0 saturated carbocycles. The summed E-state index contributed by atoms with van der Waals surface area (Å²) in [7, 11) is 0. The number of ketones is 1. The quantitative estimate of drug-likeness (QED) is 0.496. The predicted molar refractivity (Wildman–Crippen MR) is 93.0 cm³/mol. The highest BCUT2D eigenvalue weighted by molar-refractivity contribution is 6.01. The van der Waals surface area contributed by atoms with Crippen LogP contribution < -0.4 is 4.74 Å². The lowest BCUT2D eigenvalue weighted by atomic mass is 10.1. The third kappa shape index (κ3) is 3.71. The molecule has 0 N–H and O–H groups in total. The molecule has 1 atom stereocenters. The van der Waals surface area contributed by atoms with E-state index in [2.05, 4.69) is 0 Å². The van der Waals surface area contributed by atoms with E-state index in [1.807, 2.05) is 25.1 Å². The molecule has 0 amide bonds. The van der Waals surface area contributed by atoms with E-state index in [1.165, 1.54) is 0 Å². The Labute approximate surface area is 145 Å². The smallest absolute Gasteiger partial charge is 0.374 e. The molecule has 5 nitrogen and oxygen atoms in total. The Kier molecular flexibility index (Phi) is 4.84. The van der Waals surface area contributed by atoms with E-state index in [4.69, 9.17) is 13.9 Å². The van der Waals surface area contributed by atoms with Crippen molar-refractivity contribution in [3.05, 3.63) is 65.9 Å². The van der Waals surface area contributed by atoms with Crippen LogP contribution >= 0.6 is 0 Å². The molecule has 2 aromatic carbocycles. The Hall–Kier alpha value is -3.08. The number of hydrogen-bond acceptors (Lipinski definition) is 5. The molecular weight excluding hydrogens is 320 g/mol. The van der Waals surface area contributed by atoms with Crippen molar-refractivity contribution in [1.29, 1.82) is 0 Å². The van der Waals surface area contributed by atoms with Crippen LogP contribution in [0.4, 0.5) is 0 Å². The maximum atomic E-state index is 12.4. The van der Waals surface area contributed by atoms with Gasteiger partial charge in [-0.25, -0.2) is 4.79 Å². The van der Waals surface area contributed by atoms with Crippen molar-refractivity contribution >= 4 is 22.7 Å². The number of carbonyl (C=O) groups excluding carboxylic acids is 2. The molecule has 0 aliphatic carbocycles. The van der Waals surface area contributed by atoms with Crippen LogP contribution in [0.15, 0.2) is 59.0 Å². The normalized spacial score (nSPS) is 11.9. The Morgan fingerprint density at radius 3 is 2.48 bits per heavy atom. The molecule has 3 rings (SSSR count). The number of carbonyl (C=O) groups is 2. The Morgan fingerprint density at radius 2 is 1.80 bits per heavy atom. The summed E-state index contributed by atoms with van der Waals surface area (Å²) in [4.78, 5) is 24.6. The first-order valence-corrected chi connectivity index (χ1v) is 8.05. The average Bonchev–Trinajstić information content (AvgIpc) is 3.06. The molecule has 0 saturated heterocycles. The maximum Gasteiger partial charge on any atom is 0.374 e. The fourth-order valence-corrected chi connectivity index (χ4v) is 2.47. The van der Waals surface area contributed by atoms with Gasteiger partial charge in [0.25, 0.3) is 0 Å². The van der Waals surface area contributed by atoms with Crippen LogP contribution in [0.2, 0.25) is 0 Å². The van der Waals surface area contributed by atoms with Crippen LogP contribution in [0, 0.1) is 0 Å². The van der Waals surface area contributed by atoms with Crippen molar-refractivity contribution < 1.29 is 23.5 Å². The summed E-state index contributed by atoms with van der Waals surface area (Å²) in [5.41, 5.74) is 1.05. The second-order valence-electron chi connectivity index (χ2n) is 5.52. The van der Waals surface area contributed by atoms with Gasteiger partial charge in [-0.3, -0.25) is 4.79 Å². The van der Waals surface area contributed by atoms with E-state index in [1.54, 1.807) is 43.3 Å². The van der Waals surface area contributed by atoms with Gasteiger partial charge in [-0.1, -0.05) is 18.2 Å². The summed E-state index contributed by atoms with van der Waals surface area (Å²) in [6.45, 7) is 3.98. The third-order valence-corrected chi connectivity index (χ3v) is 3.73. The number of fused-ring (bicyclic) bond motifs is 1. The van der Waals surface area contributed by atoms with Crippen LogP contribution in [0.5, 0.6) is 5.75 Å². The van der Waals surface area contributed by atoms with Gasteiger partial charge in [0.1, 0.15) is 11.3 Å². The van der Waals surface area contributed by atoms with Gasteiger partial charge in [-0.15, -0.1) is 0 Å². The van der Waals surface area contributed by atoms with Crippen molar-refractivity contribution in [3.63, 3.8) is 0 Å². The van der Waals surface area contributed by atoms with Gasteiger partial charge in [0.2, 0.25) is 11.5 Å². The molecule has 0 unspecified atom stereocenters. The maximum absolute atomic E-state index is 12.4. The minimum absolute atomic E-state index is 0.0764. The first kappa shape index (κ1) is 16.8. The molecule has 25 heavy (non-hydrogen) atoms. The van der Waals surface area contributed by atoms with Crippen molar-refractivity contribution in [2.45, 2.75) is 20.0 Å². The molecule has 0 aliphatic heterocycles. The number of esters is 1. The standard InChI is InChI=1S/C20H18O5/c1-3-23-16-10-8-14(9-11-16)19(21)13(2)24-20(22)18-12-15-6-4-5-7-17(15)25-18/h4-13H,3H2,1-2H3/t13-/m1/s1. The molecule has 5 heteroatoms. The second kappa shape index (κ2) is 7.21. The van der Waals surface area contributed by atoms with E-state index in [0.717, 1.165) is 5.39 Å². The topological polar surface area (TPSA) is 65.7 Å². The predicted octanol–water partition coefficient (Wildman–Crippen LogP) is 4.26. The summed E-state index contributed by atoms with van der Waals surface area (Å²) >= 11 is 0. The van der Waals surface area contributed by atoms with Crippen LogP contribution in [-0.2, 0) is 4.74 Å². The SMILES string of the molecule is CCOc1ccc(C(=O)[C@@H](C)OC(=O)c2cc3ccccc3o2)cc1. The van der Waals surface area contributed by atoms with Crippen molar-refractivity contribution in [3.8, 4) is 5.75 Å². The second-order valence-corrected chi connectivity index (χ2v) is 5.52. The minimum atomic E-state index is -0.918. The largest absolute Gasteiger partial charge is 0.494 e. The summed E-state index contributed by atoms with van der Waals surface area (Å²) < 4.78 is 16.0. The van der Waals surface area contributed by atoms with E-state index in [-0.39, 0.29) is 11.5 Å². The molecule has 0 aliphatic rings. The highest BCUT2D eigenvalue weighted by atomic mass is 16.6. The lowest BCUT2D eigenvalue weighted by Crippen LogP contribution is -2.24. The zero-order valence-corrected chi connectivity index (χ0v) is 14.0. The molecule has 0 fully saturated rings. The summed E-state index contributed by atoms with van der Waals surface area (Å²) in [5.74, 6) is -0.186. The summed E-state index contributed by atoms with van der Waals surface area (Å²) in [5, 5.41) is 0.806. The molecule has 0 radical (unpaired) electrons. The zero-order chi connectivity index (χ0) is 17.8. The van der Waals surface area contributed by atoms with Crippen molar-refractivity contribution in [1.82, 2.24) is 0 Å². The van der Waals surface area contributed by atoms with Gasteiger partial charge in [0.15, 0.2) is 6.10 Å². The number of furan rings is 1. The van der Waals surface area contributed by atoms with E-state index in [0.29, 0.717) is 23.5 Å². The Bertz CT molecular complexity index is 859. The molecule has 3 aromatic rings. The molecule has 0 spiro atoms. The highest BCUT2D eigenvalue weighted by Gasteiger charge is 2.22.